The summed E-state index contributed by atoms with van der Waals surface area (Å²) < 4.78 is 16.1. The third-order valence-electron chi connectivity index (χ3n) is 5.07. The average Bonchev–Trinajstić information content (AvgIpc) is 2.75. The number of aryl methyl sites for hydroxylation is 2. The molecule has 29 heavy (non-hydrogen) atoms. The lowest BCUT2D eigenvalue weighted by molar-refractivity contribution is 0.304. The second-order valence-corrected chi connectivity index (χ2v) is 7.40. The first-order valence-electron chi connectivity index (χ1n) is 11.0. The lowest BCUT2D eigenvalue weighted by atomic mass is 10.1. The summed E-state index contributed by atoms with van der Waals surface area (Å²) in [4.78, 5) is 0. The first kappa shape index (κ1) is 24.9. The van der Waals surface area contributed by atoms with E-state index in [1.807, 2.05) is 18.2 Å². The van der Waals surface area contributed by atoms with E-state index in [9.17, 15) is 0 Å². The Balaban J connectivity index is 0.000000296. The Kier molecular flexibility index (Phi) is 12.7. The van der Waals surface area contributed by atoms with Gasteiger partial charge >= 0.3 is 0 Å². The first-order valence-corrected chi connectivity index (χ1v) is 11.0. The number of benzene rings is 2. The molecule has 0 aliphatic heterocycles. The Bertz CT molecular complexity index is 652. The van der Waals surface area contributed by atoms with E-state index in [1.165, 1.54) is 55.2 Å². The van der Waals surface area contributed by atoms with Crippen LogP contribution in [-0.4, -0.2) is 20.8 Å². The van der Waals surface area contributed by atoms with E-state index in [0.717, 1.165) is 30.3 Å². The molecule has 0 aliphatic carbocycles. The third-order valence-corrected chi connectivity index (χ3v) is 5.07. The van der Waals surface area contributed by atoms with Crippen LogP contribution in [0.2, 0.25) is 0 Å². The minimum atomic E-state index is 0.856. The molecule has 0 N–H and O–H groups in total. The van der Waals surface area contributed by atoms with Crippen molar-refractivity contribution in [1.82, 2.24) is 0 Å². The van der Waals surface area contributed by atoms with Gasteiger partial charge in [0.05, 0.1) is 20.8 Å². The summed E-state index contributed by atoms with van der Waals surface area (Å²) in [6, 6.07) is 12.2. The maximum atomic E-state index is 5.67. The summed E-state index contributed by atoms with van der Waals surface area (Å²) in [5.74, 6) is 2.76. The zero-order valence-electron chi connectivity index (χ0n) is 19.3. The van der Waals surface area contributed by atoms with Gasteiger partial charge in [-0.05, 0) is 56.0 Å². The fourth-order valence-electron chi connectivity index (χ4n) is 3.12. The van der Waals surface area contributed by atoms with E-state index in [-0.39, 0.29) is 0 Å². The fourth-order valence-corrected chi connectivity index (χ4v) is 3.12. The highest BCUT2D eigenvalue weighted by molar-refractivity contribution is 5.45. The van der Waals surface area contributed by atoms with Gasteiger partial charge in [-0.3, -0.25) is 0 Å². The Morgan fingerprint density at radius 2 is 1.38 bits per heavy atom. The molecule has 0 bridgehead atoms. The van der Waals surface area contributed by atoms with Gasteiger partial charge in [-0.1, -0.05) is 63.6 Å². The van der Waals surface area contributed by atoms with Gasteiger partial charge < -0.3 is 14.2 Å². The van der Waals surface area contributed by atoms with Gasteiger partial charge in [-0.25, -0.2) is 0 Å². The monoisotopic (exact) mass is 400 g/mol. The molecule has 0 saturated carbocycles. The van der Waals surface area contributed by atoms with Crippen LogP contribution < -0.4 is 14.2 Å². The SMILES string of the molecule is CCCCCCCCOc1ccc(C)cc1.CCc1cc(OC)cc(OC)c1C. The van der Waals surface area contributed by atoms with Crippen molar-refractivity contribution in [2.75, 3.05) is 20.8 Å². The standard InChI is InChI=1S/C15H24O.C11H16O2/c1-3-4-5-6-7-8-13-16-15-11-9-14(2)10-12-15;1-5-9-6-10(12-3)7-11(13-4)8(9)2/h9-12H,3-8,13H2,1-2H3;6-7H,5H2,1-4H3. The number of methoxy groups -OCH3 is 2. The predicted octanol–water partition coefficient (Wildman–Crippen LogP) is 7.31. The summed E-state index contributed by atoms with van der Waals surface area (Å²) >= 11 is 0. The van der Waals surface area contributed by atoms with Crippen molar-refractivity contribution < 1.29 is 14.2 Å². The Hall–Kier alpha value is -2.16. The van der Waals surface area contributed by atoms with Crippen molar-refractivity contribution in [3.63, 3.8) is 0 Å². The molecule has 0 spiro atoms. The summed E-state index contributed by atoms with van der Waals surface area (Å²) in [5.41, 5.74) is 3.76. The number of hydrogen-bond donors (Lipinski definition) is 0. The van der Waals surface area contributed by atoms with E-state index >= 15 is 0 Å². The van der Waals surface area contributed by atoms with E-state index < -0.39 is 0 Å². The molecule has 0 atom stereocenters. The van der Waals surface area contributed by atoms with Gasteiger partial charge in [0.1, 0.15) is 17.2 Å². The fraction of sp³-hybridized carbons (Fsp3) is 0.538. The maximum absolute atomic E-state index is 5.67. The predicted molar refractivity (Wildman–Crippen MR) is 124 cm³/mol. The zero-order valence-corrected chi connectivity index (χ0v) is 19.3. The number of ether oxygens (including phenoxy) is 3. The van der Waals surface area contributed by atoms with E-state index in [0.29, 0.717) is 0 Å². The van der Waals surface area contributed by atoms with E-state index in [1.54, 1.807) is 14.2 Å². The van der Waals surface area contributed by atoms with Crippen LogP contribution in [0.25, 0.3) is 0 Å². The van der Waals surface area contributed by atoms with Crippen molar-refractivity contribution in [2.45, 2.75) is 72.6 Å². The van der Waals surface area contributed by atoms with Crippen molar-refractivity contribution in [3.8, 4) is 17.2 Å². The van der Waals surface area contributed by atoms with Crippen LogP contribution >= 0.6 is 0 Å². The van der Waals surface area contributed by atoms with Crippen LogP contribution in [0.3, 0.4) is 0 Å². The molecule has 2 aromatic carbocycles. The number of unbranched alkanes of at least 4 members (excludes halogenated alkanes) is 5. The lowest BCUT2D eigenvalue weighted by Crippen LogP contribution is -1.97. The van der Waals surface area contributed by atoms with Crippen LogP contribution in [0.1, 0.15) is 69.1 Å². The highest BCUT2D eigenvalue weighted by Gasteiger charge is 2.06. The van der Waals surface area contributed by atoms with Gasteiger partial charge in [-0.2, -0.15) is 0 Å². The normalized spacial score (nSPS) is 10.1. The van der Waals surface area contributed by atoms with Gasteiger partial charge in [0.2, 0.25) is 0 Å². The maximum Gasteiger partial charge on any atom is 0.125 e. The van der Waals surface area contributed by atoms with Gasteiger partial charge in [0.15, 0.2) is 0 Å². The van der Waals surface area contributed by atoms with Crippen LogP contribution in [0, 0.1) is 13.8 Å². The summed E-state index contributed by atoms with van der Waals surface area (Å²) in [7, 11) is 3.35. The minimum absolute atomic E-state index is 0.856. The quantitative estimate of drug-likeness (QED) is 0.370. The average molecular weight is 401 g/mol. The van der Waals surface area contributed by atoms with Crippen molar-refractivity contribution >= 4 is 0 Å². The van der Waals surface area contributed by atoms with Crippen LogP contribution in [-0.2, 0) is 6.42 Å². The molecule has 0 amide bonds. The van der Waals surface area contributed by atoms with Crippen LogP contribution in [0.5, 0.6) is 17.2 Å². The minimum Gasteiger partial charge on any atom is -0.497 e. The molecule has 0 fully saturated rings. The molecule has 162 valence electrons. The van der Waals surface area contributed by atoms with Crippen LogP contribution in [0.4, 0.5) is 0 Å². The third kappa shape index (κ3) is 9.74. The molecule has 0 radical (unpaired) electrons. The number of rotatable bonds is 11. The molecule has 0 saturated heterocycles. The summed E-state index contributed by atoms with van der Waals surface area (Å²) in [5, 5.41) is 0. The highest BCUT2D eigenvalue weighted by Crippen LogP contribution is 2.28. The second-order valence-electron chi connectivity index (χ2n) is 7.40. The van der Waals surface area contributed by atoms with E-state index in [4.69, 9.17) is 14.2 Å². The van der Waals surface area contributed by atoms with E-state index in [2.05, 4.69) is 45.9 Å². The molecule has 2 rings (SSSR count). The smallest absolute Gasteiger partial charge is 0.125 e. The van der Waals surface area contributed by atoms with Crippen molar-refractivity contribution in [2.24, 2.45) is 0 Å². The van der Waals surface area contributed by atoms with Crippen molar-refractivity contribution in [3.05, 3.63) is 53.1 Å². The Labute approximate surface area is 178 Å². The first-order chi connectivity index (χ1) is 14.0. The van der Waals surface area contributed by atoms with Crippen molar-refractivity contribution in [1.29, 1.82) is 0 Å². The topological polar surface area (TPSA) is 27.7 Å². The van der Waals surface area contributed by atoms with Gasteiger partial charge in [0, 0.05) is 6.07 Å². The molecule has 0 aliphatic rings. The summed E-state index contributed by atoms with van der Waals surface area (Å²) in [6.07, 6.45) is 8.90. The lowest BCUT2D eigenvalue weighted by Gasteiger charge is -2.11. The molecular weight excluding hydrogens is 360 g/mol. The molecule has 0 aromatic heterocycles. The molecule has 0 unspecified atom stereocenters. The number of hydrogen-bond acceptors (Lipinski definition) is 3. The molecule has 0 heterocycles. The van der Waals surface area contributed by atoms with Crippen LogP contribution in [0.15, 0.2) is 36.4 Å². The Morgan fingerprint density at radius 3 is 1.97 bits per heavy atom. The molecular formula is C26H40O3. The largest absolute Gasteiger partial charge is 0.497 e. The molecule has 2 aromatic rings. The summed E-state index contributed by atoms with van der Waals surface area (Å²) in [6.45, 7) is 9.39. The Morgan fingerprint density at radius 1 is 0.724 bits per heavy atom. The van der Waals surface area contributed by atoms with Gasteiger partial charge in [-0.15, -0.1) is 0 Å². The second kappa shape index (κ2) is 14.8. The molecule has 3 nitrogen and oxygen atoms in total. The van der Waals surface area contributed by atoms with Gasteiger partial charge in [0.25, 0.3) is 0 Å². The zero-order chi connectivity index (χ0) is 21.5. The highest BCUT2D eigenvalue weighted by atomic mass is 16.5. The molecule has 3 heteroatoms.